The molecule has 0 aromatic heterocycles. The molecule has 2 aromatic rings. The molecule has 2 N–H and O–H groups in total. The van der Waals surface area contributed by atoms with E-state index in [4.69, 9.17) is 15.2 Å². The largest absolute Gasteiger partial charge is 0.490 e. The second-order valence-electron chi connectivity index (χ2n) is 3.67. The van der Waals surface area contributed by atoms with Gasteiger partial charge in [-0.25, -0.2) is 4.39 Å². The minimum absolute atomic E-state index is 0.122. The van der Waals surface area contributed by atoms with Crippen molar-refractivity contribution in [1.29, 1.82) is 0 Å². The van der Waals surface area contributed by atoms with Crippen molar-refractivity contribution in [3.63, 3.8) is 0 Å². The van der Waals surface area contributed by atoms with E-state index in [1.165, 1.54) is 12.1 Å². The van der Waals surface area contributed by atoms with E-state index in [2.05, 4.69) is 0 Å². The fraction of sp³-hybridized carbons (Fsp3) is 0.143. The number of rotatable bonds is 4. The summed E-state index contributed by atoms with van der Waals surface area (Å²) in [6.45, 7) is 2.39. The molecule has 0 unspecified atom stereocenters. The number of hydrogen-bond acceptors (Lipinski definition) is 3. The Labute approximate surface area is 105 Å². The Kier molecular flexibility index (Phi) is 3.67. The molecule has 0 radical (unpaired) electrons. The molecule has 2 aromatic carbocycles. The molecule has 0 bridgehead atoms. The second kappa shape index (κ2) is 5.40. The Morgan fingerprint density at radius 2 is 1.78 bits per heavy atom. The van der Waals surface area contributed by atoms with Crippen LogP contribution in [-0.2, 0) is 0 Å². The molecule has 0 fully saturated rings. The first-order valence-corrected chi connectivity index (χ1v) is 5.65. The van der Waals surface area contributed by atoms with Gasteiger partial charge in [-0.05, 0) is 31.2 Å². The number of nitrogen functional groups attached to an aromatic ring is 1. The van der Waals surface area contributed by atoms with Gasteiger partial charge in [0.1, 0.15) is 0 Å². The molecule has 0 heterocycles. The highest BCUT2D eigenvalue weighted by atomic mass is 19.1. The van der Waals surface area contributed by atoms with Gasteiger partial charge in [-0.3, -0.25) is 0 Å². The molecule has 0 aliphatic heterocycles. The Morgan fingerprint density at radius 3 is 2.44 bits per heavy atom. The highest BCUT2D eigenvalue weighted by Crippen LogP contribution is 2.32. The van der Waals surface area contributed by atoms with Crippen LogP contribution in [0.2, 0.25) is 0 Å². The maximum Gasteiger partial charge on any atom is 0.169 e. The number of benzene rings is 2. The smallest absolute Gasteiger partial charge is 0.169 e. The number of nitrogens with two attached hydrogens (primary N) is 1. The van der Waals surface area contributed by atoms with E-state index in [0.717, 1.165) is 0 Å². The predicted molar refractivity (Wildman–Crippen MR) is 68.5 cm³/mol. The summed E-state index contributed by atoms with van der Waals surface area (Å²) in [6.07, 6.45) is 0. The molecule has 94 valence electrons. The molecule has 18 heavy (non-hydrogen) atoms. The van der Waals surface area contributed by atoms with Crippen LogP contribution in [0.15, 0.2) is 42.5 Å². The van der Waals surface area contributed by atoms with Crippen LogP contribution in [0.1, 0.15) is 6.92 Å². The van der Waals surface area contributed by atoms with Gasteiger partial charge in [0.2, 0.25) is 0 Å². The normalized spacial score (nSPS) is 10.1. The van der Waals surface area contributed by atoms with Crippen LogP contribution in [0.5, 0.6) is 17.2 Å². The standard InChI is InChI=1S/C14H14FNO2/c1-2-17-13-5-3-4-6-14(13)18-12-8-7-10(16)9-11(12)15/h3-9H,2,16H2,1H3. The summed E-state index contributed by atoms with van der Waals surface area (Å²) in [5.74, 6) is 0.678. The summed E-state index contributed by atoms with van der Waals surface area (Å²) in [7, 11) is 0. The van der Waals surface area contributed by atoms with Crippen molar-refractivity contribution in [2.24, 2.45) is 0 Å². The summed E-state index contributed by atoms with van der Waals surface area (Å²) in [6, 6.07) is 11.4. The zero-order chi connectivity index (χ0) is 13.0. The monoisotopic (exact) mass is 247 g/mol. The fourth-order valence-electron chi connectivity index (χ4n) is 1.53. The summed E-state index contributed by atoms with van der Waals surface area (Å²) in [5.41, 5.74) is 5.84. The third-order valence-corrected chi connectivity index (χ3v) is 2.32. The van der Waals surface area contributed by atoms with Crippen LogP contribution in [0.25, 0.3) is 0 Å². The Hall–Kier alpha value is -2.23. The number of halogens is 1. The van der Waals surface area contributed by atoms with E-state index >= 15 is 0 Å². The van der Waals surface area contributed by atoms with Crippen molar-refractivity contribution in [3.8, 4) is 17.2 Å². The third-order valence-electron chi connectivity index (χ3n) is 2.32. The molecule has 3 nitrogen and oxygen atoms in total. The first-order chi connectivity index (χ1) is 8.70. The molecule has 0 saturated carbocycles. The maximum atomic E-state index is 13.6. The lowest BCUT2D eigenvalue weighted by atomic mass is 10.3. The second-order valence-corrected chi connectivity index (χ2v) is 3.67. The van der Waals surface area contributed by atoms with Crippen LogP contribution in [-0.4, -0.2) is 6.61 Å². The lowest BCUT2D eigenvalue weighted by molar-refractivity contribution is 0.319. The lowest BCUT2D eigenvalue weighted by Crippen LogP contribution is -1.96. The van der Waals surface area contributed by atoms with Crippen LogP contribution in [0.4, 0.5) is 10.1 Å². The van der Waals surface area contributed by atoms with Gasteiger partial charge < -0.3 is 15.2 Å². The molecule has 0 spiro atoms. The van der Waals surface area contributed by atoms with Crippen molar-refractivity contribution in [2.75, 3.05) is 12.3 Å². The lowest BCUT2D eigenvalue weighted by Gasteiger charge is -2.11. The SMILES string of the molecule is CCOc1ccccc1Oc1ccc(N)cc1F. The fourth-order valence-corrected chi connectivity index (χ4v) is 1.53. The highest BCUT2D eigenvalue weighted by molar-refractivity contribution is 5.47. The average Bonchev–Trinajstić information content (AvgIpc) is 2.35. The molecule has 0 aliphatic carbocycles. The maximum absolute atomic E-state index is 13.6. The molecule has 2 rings (SSSR count). The van der Waals surface area contributed by atoms with Gasteiger partial charge in [0.15, 0.2) is 23.1 Å². The zero-order valence-electron chi connectivity index (χ0n) is 10.0. The first-order valence-electron chi connectivity index (χ1n) is 5.65. The molecule has 0 atom stereocenters. The van der Waals surface area contributed by atoms with Gasteiger partial charge in [0.05, 0.1) is 6.61 Å². The van der Waals surface area contributed by atoms with Gasteiger partial charge in [0, 0.05) is 11.8 Å². The van der Waals surface area contributed by atoms with Gasteiger partial charge in [-0.15, -0.1) is 0 Å². The summed E-state index contributed by atoms with van der Waals surface area (Å²) in [4.78, 5) is 0. The molecular formula is C14H14FNO2. The molecule has 0 saturated heterocycles. The van der Waals surface area contributed by atoms with Gasteiger partial charge in [-0.2, -0.15) is 0 Å². The van der Waals surface area contributed by atoms with Crippen molar-refractivity contribution >= 4 is 5.69 Å². The zero-order valence-corrected chi connectivity index (χ0v) is 10.0. The molecular weight excluding hydrogens is 233 g/mol. The summed E-state index contributed by atoms with van der Waals surface area (Å²) >= 11 is 0. The van der Waals surface area contributed by atoms with E-state index < -0.39 is 5.82 Å². The number of para-hydroxylation sites is 2. The van der Waals surface area contributed by atoms with Gasteiger partial charge in [-0.1, -0.05) is 12.1 Å². The number of ether oxygens (including phenoxy) is 2. The topological polar surface area (TPSA) is 44.5 Å². The van der Waals surface area contributed by atoms with Gasteiger partial charge >= 0.3 is 0 Å². The summed E-state index contributed by atoms with van der Waals surface area (Å²) < 4.78 is 24.5. The Morgan fingerprint density at radius 1 is 1.06 bits per heavy atom. The van der Waals surface area contributed by atoms with Crippen LogP contribution in [0.3, 0.4) is 0 Å². The highest BCUT2D eigenvalue weighted by Gasteiger charge is 2.09. The Balaban J connectivity index is 2.28. The van der Waals surface area contributed by atoms with E-state index in [-0.39, 0.29) is 5.75 Å². The van der Waals surface area contributed by atoms with Crippen molar-refractivity contribution in [3.05, 3.63) is 48.3 Å². The third kappa shape index (κ3) is 2.71. The molecule has 0 amide bonds. The van der Waals surface area contributed by atoms with Crippen LogP contribution < -0.4 is 15.2 Å². The quantitative estimate of drug-likeness (QED) is 0.839. The summed E-state index contributed by atoms with van der Waals surface area (Å²) in [5, 5.41) is 0. The minimum atomic E-state index is -0.499. The van der Waals surface area contributed by atoms with Crippen LogP contribution >= 0.6 is 0 Å². The number of anilines is 1. The molecule has 0 aliphatic rings. The van der Waals surface area contributed by atoms with Crippen LogP contribution in [0, 0.1) is 5.82 Å². The van der Waals surface area contributed by atoms with Crippen molar-refractivity contribution in [2.45, 2.75) is 6.92 Å². The van der Waals surface area contributed by atoms with Crippen molar-refractivity contribution in [1.82, 2.24) is 0 Å². The van der Waals surface area contributed by atoms with Crippen molar-refractivity contribution < 1.29 is 13.9 Å². The van der Waals surface area contributed by atoms with E-state index in [1.807, 2.05) is 13.0 Å². The number of hydrogen-bond donors (Lipinski definition) is 1. The minimum Gasteiger partial charge on any atom is -0.490 e. The predicted octanol–water partition coefficient (Wildman–Crippen LogP) is 3.60. The van der Waals surface area contributed by atoms with Gasteiger partial charge in [0.25, 0.3) is 0 Å². The molecule has 4 heteroatoms. The van der Waals surface area contributed by atoms with E-state index in [1.54, 1.807) is 24.3 Å². The first kappa shape index (κ1) is 12.2. The Bertz CT molecular complexity index is 543. The van der Waals surface area contributed by atoms with E-state index in [0.29, 0.717) is 23.8 Å². The average molecular weight is 247 g/mol. The van der Waals surface area contributed by atoms with E-state index in [9.17, 15) is 4.39 Å².